The molecule has 1 aliphatic heterocycles. The second-order valence-electron chi connectivity index (χ2n) is 6.91. The molecule has 3 atom stereocenters. The van der Waals surface area contributed by atoms with Gasteiger partial charge in [0.05, 0.1) is 11.7 Å². The van der Waals surface area contributed by atoms with Crippen molar-refractivity contribution in [2.75, 3.05) is 11.4 Å². The quantitative estimate of drug-likeness (QED) is 0.481. The zero-order valence-electron chi connectivity index (χ0n) is 16.0. The summed E-state index contributed by atoms with van der Waals surface area (Å²) in [6, 6.07) is 15.8. The average Bonchev–Trinajstić information content (AvgIpc) is 3.07. The van der Waals surface area contributed by atoms with Crippen LogP contribution in [0.25, 0.3) is 0 Å². The van der Waals surface area contributed by atoms with Crippen molar-refractivity contribution in [2.24, 2.45) is 11.5 Å². The fourth-order valence-corrected chi connectivity index (χ4v) is 4.81. The molecule has 0 radical (unpaired) electrons. The minimum absolute atomic E-state index is 0.203. The number of rotatable bonds is 8. The molecule has 154 valence electrons. The molecule has 2 amide bonds. The van der Waals surface area contributed by atoms with Crippen molar-refractivity contribution in [2.45, 2.75) is 40.9 Å². The van der Waals surface area contributed by atoms with E-state index in [4.69, 9.17) is 11.5 Å². The van der Waals surface area contributed by atoms with Crippen molar-refractivity contribution >= 4 is 41.9 Å². The molecular weight excluding hydrogens is 404 g/mol. The number of anilines is 1. The summed E-state index contributed by atoms with van der Waals surface area (Å²) in [5.41, 5.74) is 13.3. The first-order chi connectivity index (χ1) is 14.0. The van der Waals surface area contributed by atoms with Gasteiger partial charge in [0.2, 0.25) is 5.91 Å². The van der Waals surface area contributed by atoms with Crippen LogP contribution in [0.15, 0.2) is 59.5 Å². The lowest BCUT2D eigenvalue weighted by molar-refractivity contribution is -0.128. The Labute approximate surface area is 180 Å². The van der Waals surface area contributed by atoms with Crippen molar-refractivity contribution in [1.29, 1.82) is 0 Å². The molecule has 29 heavy (non-hydrogen) atoms. The van der Waals surface area contributed by atoms with E-state index in [0.717, 1.165) is 16.1 Å². The van der Waals surface area contributed by atoms with Crippen molar-refractivity contribution in [1.82, 2.24) is 5.32 Å². The number of benzene rings is 2. The van der Waals surface area contributed by atoms with Gasteiger partial charge in [0, 0.05) is 11.3 Å². The van der Waals surface area contributed by atoms with Gasteiger partial charge in [0.25, 0.3) is 5.91 Å². The maximum absolute atomic E-state index is 13.5. The number of carbonyl (C=O) groups is 2. The number of nitrogens with two attached hydrogens (primary N) is 2. The van der Waals surface area contributed by atoms with Crippen molar-refractivity contribution in [3.8, 4) is 0 Å². The van der Waals surface area contributed by atoms with Crippen LogP contribution in [0.1, 0.15) is 18.4 Å². The zero-order valence-corrected chi connectivity index (χ0v) is 17.7. The van der Waals surface area contributed by atoms with Crippen LogP contribution in [0.5, 0.6) is 0 Å². The molecule has 0 spiro atoms. The van der Waals surface area contributed by atoms with Gasteiger partial charge in [-0.3, -0.25) is 14.5 Å². The molecule has 0 fully saturated rings. The summed E-state index contributed by atoms with van der Waals surface area (Å²) < 4.78 is -0.346. The maximum Gasteiger partial charge on any atom is 0.251 e. The first-order valence-electron chi connectivity index (χ1n) is 9.58. The molecule has 8 heteroatoms. The van der Waals surface area contributed by atoms with Crippen LogP contribution in [-0.4, -0.2) is 35.1 Å². The fourth-order valence-electron chi connectivity index (χ4n) is 3.23. The number of nitrogens with one attached hydrogen (secondary N) is 1. The fraction of sp³-hybridized carbons (Fsp3) is 0.333. The van der Waals surface area contributed by atoms with Gasteiger partial charge >= 0.3 is 0 Å². The molecule has 1 aliphatic rings. The summed E-state index contributed by atoms with van der Waals surface area (Å²) >= 11 is 6.09. The van der Waals surface area contributed by atoms with Gasteiger partial charge in [-0.25, -0.2) is 0 Å². The summed E-state index contributed by atoms with van der Waals surface area (Å²) in [6.45, 7) is 0.469. The number of hydrogen-bond acceptors (Lipinski definition) is 6. The smallest absolute Gasteiger partial charge is 0.251 e. The summed E-state index contributed by atoms with van der Waals surface area (Å²) in [4.78, 5) is 28.7. The van der Waals surface area contributed by atoms with Crippen LogP contribution >= 0.6 is 24.4 Å². The third kappa shape index (κ3) is 5.33. The second kappa shape index (κ2) is 10.2. The van der Waals surface area contributed by atoms with E-state index in [1.54, 1.807) is 4.90 Å². The van der Waals surface area contributed by atoms with E-state index in [0.29, 0.717) is 25.8 Å². The summed E-state index contributed by atoms with van der Waals surface area (Å²) in [5.74, 6) is -0.547. The Morgan fingerprint density at radius 1 is 1.14 bits per heavy atom. The molecule has 1 heterocycles. The monoisotopic (exact) mass is 430 g/mol. The molecule has 0 saturated heterocycles. The normalized spacial score (nSPS) is 17.5. The van der Waals surface area contributed by atoms with Gasteiger partial charge in [0.1, 0.15) is 10.7 Å². The van der Waals surface area contributed by atoms with Crippen LogP contribution < -0.4 is 21.7 Å². The number of thiol groups is 1. The first-order valence-corrected chi connectivity index (χ1v) is 11.0. The van der Waals surface area contributed by atoms with Gasteiger partial charge in [0.15, 0.2) is 0 Å². The maximum atomic E-state index is 13.5. The van der Waals surface area contributed by atoms with E-state index >= 15 is 0 Å². The second-order valence-corrected chi connectivity index (χ2v) is 8.87. The molecule has 1 unspecified atom stereocenters. The molecule has 3 rings (SSSR count). The number of hydrogen-bond donors (Lipinski definition) is 4. The van der Waals surface area contributed by atoms with E-state index in [1.165, 1.54) is 11.8 Å². The Morgan fingerprint density at radius 2 is 1.83 bits per heavy atom. The molecule has 0 aromatic heterocycles. The average molecular weight is 431 g/mol. The lowest BCUT2D eigenvalue weighted by atomic mass is 10.0. The molecule has 5 N–H and O–H groups in total. The largest absolute Gasteiger partial charge is 0.343 e. The van der Waals surface area contributed by atoms with E-state index in [9.17, 15) is 9.59 Å². The minimum Gasteiger partial charge on any atom is -0.343 e. The first kappa shape index (κ1) is 21.7. The molecule has 0 aliphatic carbocycles. The minimum atomic E-state index is -0.741. The highest BCUT2D eigenvalue weighted by molar-refractivity contribution is 8.11. The molecule has 2 aromatic rings. The van der Waals surface area contributed by atoms with E-state index in [2.05, 4.69) is 17.9 Å². The number of para-hydroxylation sites is 1. The van der Waals surface area contributed by atoms with Gasteiger partial charge in [-0.1, -0.05) is 54.2 Å². The van der Waals surface area contributed by atoms with Crippen molar-refractivity contribution in [3.63, 3.8) is 0 Å². The predicted molar refractivity (Wildman–Crippen MR) is 121 cm³/mol. The molecule has 0 saturated carbocycles. The Kier molecular flexibility index (Phi) is 7.60. The Bertz CT molecular complexity index is 850. The number of thioether (sulfide) groups is 1. The standard InChI is InChI=1S/C21H26N4O2S2/c22-12-6-9-15(23)19(26)24-16(13-14-7-2-1-3-8-14)20(27)25-17-10-4-5-11-18(17)29-21(25)28/h1-5,7-8,10-11,15-16,21,28H,6,9,12-13,22-23H2,(H,24,26)/t15-,16-,21?/m0/s1. The number of amides is 2. The van der Waals surface area contributed by atoms with Gasteiger partial charge < -0.3 is 16.8 Å². The van der Waals surface area contributed by atoms with Gasteiger partial charge in [-0.15, -0.1) is 12.6 Å². The SMILES string of the molecule is NCCC[C@H](N)C(=O)N[C@@H](Cc1ccccc1)C(=O)N1c2ccccc2SC1S. The van der Waals surface area contributed by atoms with E-state index < -0.39 is 12.1 Å². The van der Waals surface area contributed by atoms with Crippen LogP contribution in [0, 0.1) is 0 Å². The highest BCUT2D eigenvalue weighted by Crippen LogP contribution is 2.44. The van der Waals surface area contributed by atoms with E-state index in [1.807, 2.05) is 54.6 Å². The van der Waals surface area contributed by atoms with Crippen LogP contribution in [0.2, 0.25) is 0 Å². The van der Waals surface area contributed by atoms with Crippen molar-refractivity contribution < 1.29 is 9.59 Å². The van der Waals surface area contributed by atoms with Gasteiger partial charge in [-0.2, -0.15) is 0 Å². The lowest BCUT2D eigenvalue weighted by Crippen LogP contribution is -2.54. The zero-order chi connectivity index (χ0) is 20.8. The third-order valence-corrected chi connectivity index (χ3v) is 6.34. The summed E-state index contributed by atoms with van der Waals surface area (Å²) in [5, 5.41) is 2.86. The topological polar surface area (TPSA) is 101 Å². The van der Waals surface area contributed by atoms with Crippen molar-refractivity contribution in [3.05, 3.63) is 60.2 Å². The van der Waals surface area contributed by atoms with Crippen LogP contribution in [0.3, 0.4) is 0 Å². The Morgan fingerprint density at radius 3 is 2.55 bits per heavy atom. The highest BCUT2D eigenvalue weighted by atomic mass is 32.2. The third-order valence-electron chi connectivity index (χ3n) is 4.77. The summed E-state index contributed by atoms with van der Waals surface area (Å²) in [7, 11) is 0. The molecule has 0 bridgehead atoms. The molecule has 6 nitrogen and oxygen atoms in total. The van der Waals surface area contributed by atoms with Crippen LogP contribution in [-0.2, 0) is 16.0 Å². The number of nitrogens with zero attached hydrogens (tertiary/aromatic N) is 1. The lowest BCUT2D eigenvalue weighted by Gasteiger charge is -2.28. The van der Waals surface area contributed by atoms with Crippen LogP contribution in [0.4, 0.5) is 5.69 Å². The van der Waals surface area contributed by atoms with Gasteiger partial charge in [-0.05, 0) is 37.1 Å². The van der Waals surface area contributed by atoms with E-state index in [-0.39, 0.29) is 16.5 Å². The summed E-state index contributed by atoms with van der Waals surface area (Å²) in [6.07, 6.45) is 1.51. The predicted octanol–water partition coefficient (Wildman–Crippen LogP) is 2.13. The molecule has 2 aromatic carbocycles. The Hall–Kier alpha value is -2.00. The Balaban J connectivity index is 1.82. The highest BCUT2D eigenvalue weighted by Gasteiger charge is 2.37. The number of fused-ring (bicyclic) bond motifs is 1. The number of carbonyl (C=O) groups excluding carboxylic acids is 2. The molecular formula is C21H26N4O2S2.